The second kappa shape index (κ2) is 7.31. The lowest BCUT2D eigenvalue weighted by atomic mass is 10.1. The number of hydrogen-bond acceptors (Lipinski definition) is 5. The van der Waals surface area contributed by atoms with Gasteiger partial charge in [-0.05, 0) is 19.1 Å². The molecule has 0 bridgehead atoms. The summed E-state index contributed by atoms with van der Waals surface area (Å²) in [6.07, 6.45) is 0. The second-order valence-electron chi connectivity index (χ2n) is 3.93. The SMILES string of the molecule is CC(N)C(c1ccc(Cl)s1)N(CCO)CCO. The highest BCUT2D eigenvalue weighted by atomic mass is 35.5. The summed E-state index contributed by atoms with van der Waals surface area (Å²) in [5, 5.41) is 18.1. The lowest BCUT2D eigenvalue weighted by Gasteiger charge is -2.32. The fourth-order valence-corrected chi connectivity index (χ4v) is 3.22. The van der Waals surface area contributed by atoms with E-state index in [-0.39, 0.29) is 25.3 Å². The third-order valence-corrected chi connectivity index (χ3v) is 3.85. The van der Waals surface area contributed by atoms with Crippen LogP contribution in [0, 0.1) is 0 Å². The molecule has 0 aliphatic rings. The summed E-state index contributed by atoms with van der Waals surface area (Å²) in [5.41, 5.74) is 6.00. The van der Waals surface area contributed by atoms with Crippen LogP contribution in [0.5, 0.6) is 0 Å². The molecule has 2 unspecified atom stereocenters. The first-order chi connectivity index (χ1) is 8.10. The fraction of sp³-hybridized carbons (Fsp3) is 0.636. The molecule has 0 spiro atoms. The molecule has 17 heavy (non-hydrogen) atoms. The third-order valence-electron chi connectivity index (χ3n) is 2.55. The predicted octanol–water partition coefficient (Wildman–Crippen LogP) is 1.08. The van der Waals surface area contributed by atoms with E-state index in [0.29, 0.717) is 13.1 Å². The molecule has 0 radical (unpaired) electrons. The Labute approximate surface area is 111 Å². The maximum Gasteiger partial charge on any atom is 0.0931 e. The number of nitrogens with two attached hydrogens (primary N) is 1. The van der Waals surface area contributed by atoms with E-state index in [1.807, 2.05) is 24.0 Å². The van der Waals surface area contributed by atoms with Gasteiger partial charge >= 0.3 is 0 Å². The molecule has 0 saturated heterocycles. The van der Waals surface area contributed by atoms with Gasteiger partial charge in [-0.1, -0.05) is 11.6 Å². The second-order valence-corrected chi connectivity index (χ2v) is 5.68. The van der Waals surface area contributed by atoms with E-state index < -0.39 is 0 Å². The van der Waals surface area contributed by atoms with E-state index in [0.717, 1.165) is 9.21 Å². The maximum atomic E-state index is 9.06. The normalized spacial score (nSPS) is 15.2. The molecular formula is C11H19ClN2O2S. The van der Waals surface area contributed by atoms with Gasteiger partial charge in [0.15, 0.2) is 0 Å². The van der Waals surface area contributed by atoms with Crippen molar-refractivity contribution in [3.63, 3.8) is 0 Å². The Morgan fingerprint density at radius 2 is 1.94 bits per heavy atom. The smallest absolute Gasteiger partial charge is 0.0931 e. The molecule has 4 nitrogen and oxygen atoms in total. The zero-order valence-electron chi connectivity index (χ0n) is 9.84. The van der Waals surface area contributed by atoms with Crippen LogP contribution in [-0.4, -0.2) is 47.5 Å². The first-order valence-electron chi connectivity index (χ1n) is 5.56. The zero-order valence-corrected chi connectivity index (χ0v) is 11.4. The van der Waals surface area contributed by atoms with Crippen molar-refractivity contribution in [1.82, 2.24) is 4.90 Å². The molecule has 1 aromatic rings. The van der Waals surface area contributed by atoms with Gasteiger partial charge < -0.3 is 15.9 Å². The monoisotopic (exact) mass is 278 g/mol. The number of aliphatic hydroxyl groups is 2. The number of rotatable bonds is 7. The van der Waals surface area contributed by atoms with Crippen molar-refractivity contribution in [3.05, 3.63) is 21.3 Å². The highest BCUT2D eigenvalue weighted by molar-refractivity contribution is 7.16. The van der Waals surface area contributed by atoms with Gasteiger partial charge in [-0.25, -0.2) is 0 Å². The summed E-state index contributed by atoms with van der Waals surface area (Å²) in [7, 11) is 0. The third kappa shape index (κ3) is 4.21. The van der Waals surface area contributed by atoms with E-state index >= 15 is 0 Å². The van der Waals surface area contributed by atoms with E-state index in [1.165, 1.54) is 11.3 Å². The van der Waals surface area contributed by atoms with Crippen LogP contribution in [0.2, 0.25) is 4.34 Å². The van der Waals surface area contributed by atoms with E-state index in [4.69, 9.17) is 27.5 Å². The molecule has 1 rings (SSSR count). The number of hydrogen-bond donors (Lipinski definition) is 3. The largest absolute Gasteiger partial charge is 0.395 e. The number of aliphatic hydroxyl groups excluding tert-OH is 2. The summed E-state index contributed by atoms with van der Waals surface area (Å²) in [4.78, 5) is 3.04. The summed E-state index contributed by atoms with van der Waals surface area (Å²) in [6, 6.07) is 3.67. The van der Waals surface area contributed by atoms with Gasteiger partial charge in [-0.3, -0.25) is 4.90 Å². The van der Waals surface area contributed by atoms with Gasteiger partial charge in [0.1, 0.15) is 0 Å². The Kier molecular flexibility index (Phi) is 6.40. The van der Waals surface area contributed by atoms with Gasteiger partial charge in [0.25, 0.3) is 0 Å². The van der Waals surface area contributed by atoms with E-state index in [1.54, 1.807) is 0 Å². The van der Waals surface area contributed by atoms with Crippen molar-refractivity contribution in [2.75, 3.05) is 26.3 Å². The van der Waals surface area contributed by atoms with Crippen LogP contribution < -0.4 is 5.73 Å². The molecule has 1 heterocycles. The van der Waals surface area contributed by atoms with Crippen molar-refractivity contribution in [2.24, 2.45) is 5.73 Å². The minimum atomic E-state index is -0.0946. The molecule has 0 aromatic carbocycles. The Hall–Kier alpha value is -0.170. The Morgan fingerprint density at radius 3 is 2.29 bits per heavy atom. The molecule has 4 N–H and O–H groups in total. The lowest BCUT2D eigenvalue weighted by molar-refractivity contribution is 0.113. The average molecular weight is 279 g/mol. The number of thiophene rings is 1. The maximum absolute atomic E-state index is 9.06. The van der Waals surface area contributed by atoms with Gasteiger partial charge in [0.05, 0.1) is 23.6 Å². The van der Waals surface area contributed by atoms with Crippen molar-refractivity contribution in [2.45, 2.75) is 19.0 Å². The molecule has 6 heteroatoms. The lowest BCUT2D eigenvalue weighted by Crippen LogP contribution is -2.42. The number of halogens is 1. The standard InChI is InChI=1S/C11H19ClN2O2S/c1-8(13)11(9-2-3-10(12)17-9)14(4-6-15)5-7-16/h2-3,8,11,15-16H,4-7,13H2,1H3. The van der Waals surface area contributed by atoms with Crippen LogP contribution in [0.1, 0.15) is 17.8 Å². The average Bonchev–Trinajstić information content (AvgIpc) is 2.65. The predicted molar refractivity (Wildman–Crippen MR) is 71.5 cm³/mol. The molecule has 98 valence electrons. The van der Waals surface area contributed by atoms with Crippen molar-refractivity contribution < 1.29 is 10.2 Å². The van der Waals surface area contributed by atoms with E-state index in [9.17, 15) is 0 Å². The van der Waals surface area contributed by atoms with Crippen LogP contribution >= 0.6 is 22.9 Å². The molecule has 0 aliphatic heterocycles. The molecule has 2 atom stereocenters. The first kappa shape index (κ1) is 14.9. The van der Waals surface area contributed by atoms with Gasteiger partial charge in [-0.2, -0.15) is 0 Å². The number of nitrogens with zero attached hydrogens (tertiary/aromatic N) is 1. The summed E-state index contributed by atoms with van der Waals surface area (Å²) >= 11 is 7.41. The minimum Gasteiger partial charge on any atom is -0.395 e. The Bertz CT molecular complexity index is 327. The van der Waals surface area contributed by atoms with Crippen LogP contribution in [0.25, 0.3) is 0 Å². The zero-order chi connectivity index (χ0) is 12.8. The Morgan fingerprint density at radius 1 is 1.35 bits per heavy atom. The molecule has 0 amide bonds. The molecular weight excluding hydrogens is 260 g/mol. The quantitative estimate of drug-likeness (QED) is 0.698. The highest BCUT2D eigenvalue weighted by Crippen LogP contribution is 2.31. The van der Waals surface area contributed by atoms with Crippen molar-refractivity contribution in [3.8, 4) is 0 Å². The minimum absolute atomic E-state index is 0.0215. The van der Waals surface area contributed by atoms with Crippen LogP contribution in [0.4, 0.5) is 0 Å². The Balaban J connectivity index is 2.89. The summed E-state index contributed by atoms with van der Waals surface area (Å²) in [6.45, 7) is 2.98. The molecule has 0 saturated carbocycles. The van der Waals surface area contributed by atoms with E-state index in [2.05, 4.69) is 0 Å². The summed E-state index contributed by atoms with van der Waals surface area (Å²) in [5.74, 6) is 0. The van der Waals surface area contributed by atoms with Crippen LogP contribution in [-0.2, 0) is 0 Å². The molecule has 0 aliphatic carbocycles. The highest BCUT2D eigenvalue weighted by Gasteiger charge is 2.24. The van der Waals surface area contributed by atoms with Crippen LogP contribution in [0.3, 0.4) is 0 Å². The topological polar surface area (TPSA) is 69.7 Å². The first-order valence-corrected chi connectivity index (χ1v) is 6.76. The molecule has 1 aromatic heterocycles. The summed E-state index contributed by atoms with van der Waals surface area (Å²) < 4.78 is 0.721. The van der Waals surface area contributed by atoms with Gasteiger partial charge in [0.2, 0.25) is 0 Å². The van der Waals surface area contributed by atoms with Crippen molar-refractivity contribution >= 4 is 22.9 Å². The van der Waals surface area contributed by atoms with Gasteiger partial charge in [0, 0.05) is 24.0 Å². The molecule has 0 fully saturated rings. The fourth-order valence-electron chi connectivity index (χ4n) is 1.91. The van der Waals surface area contributed by atoms with Gasteiger partial charge in [-0.15, -0.1) is 11.3 Å². The van der Waals surface area contributed by atoms with Crippen LogP contribution in [0.15, 0.2) is 12.1 Å². The van der Waals surface area contributed by atoms with Crippen molar-refractivity contribution in [1.29, 1.82) is 0 Å².